The highest BCUT2D eigenvalue weighted by atomic mass is 16.5. The molecule has 6 heteroatoms. The topological polar surface area (TPSA) is 72.2 Å². The molecule has 0 saturated heterocycles. The van der Waals surface area contributed by atoms with Crippen molar-refractivity contribution in [3.05, 3.63) is 5.89 Å². The number of ether oxygens (including phenoxy) is 1. The number of rotatable bonds is 9. The first-order valence-electron chi connectivity index (χ1n) is 6.46. The van der Waals surface area contributed by atoms with E-state index in [9.17, 15) is 0 Å². The standard InChI is InChI=1S/C12H24N4O2/c1-5-9(2)10(3)14-12-16-15-11(18-12)8-13-6-7-17-4/h9-10,13H,5-8H2,1-4H3,(H,14,16). The van der Waals surface area contributed by atoms with Gasteiger partial charge in [-0.1, -0.05) is 25.4 Å². The van der Waals surface area contributed by atoms with Crippen LogP contribution < -0.4 is 10.6 Å². The number of anilines is 1. The van der Waals surface area contributed by atoms with Crippen molar-refractivity contribution in [2.75, 3.05) is 25.6 Å². The zero-order valence-corrected chi connectivity index (χ0v) is 11.7. The van der Waals surface area contributed by atoms with Gasteiger partial charge in [-0.2, -0.15) is 0 Å². The Morgan fingerprint density at radius 3 is 2.78 bits per heavy atom. The van der Waals surface area contributed by atoms with Crippen LogP contribution in [0.1, 0.15) is 33.1 Å². The first-order valence-corrected chi connectivity index (χ1v) is 6.46. The smallest absolute Gasteiger partial charge is 0.315 e. The first-order chi connectivity index (χ1) is 8.67. The first kappa shape index (κ1) is 14.9. The van der Waals surface area contributed by atoms with Crippen molar-refractivity contribution in [3.8, 4) is 0 Å². The van der Waals surface area contributed by atoms with Gasteiger partial charge in [0.2, 0.25) is 5.89 Å². The molecule has 0 amide bonds. The Bertz CT molecular complexity index is 330. The van der Waals surface area contributed by atoms with Crippen molar-refractivity contribution >= 4 is 6.01 Å². The van der Waals surface area contributed by atoms with Crippen molar-refractivity contribution in [2.24, 2.45) is 5.92 Å². The average Bonchev–Trinajstić information content (AvgIpc) is 2.81. The molecule has 6 nitrogen and oxygen atoms in total. The van der Waals surface area contributed by atoms with Gasteiger partial charge in [0.15, 0.2) is 0 Å². The minimum Gasteiger partial charge on any atom is -0.407 e. The van der Waals surface area contributed by atoms with Crippen LogP contribution in [-0.2, 0) is 11.3 Å². The molecule has 1 rings (SSSR count). The van der Waals surface area contributed by atoms with Crippen LogP contribution in [0.3, 0.4) is 0 Å². The SMILES string of the molecule is CCC(C)C(C)Nc1nnc(CNCCOC)o1. The molecule has 0 aliphatic rings. The minimum absolute atomic E-state index is 0.324. The van der Waals surface area contributed by atoms with Crippen molar-refractivity contribution in [1.82, 2.24) is 15.5 Å². The second kappa shape index (κ2) is 8.05. The van der Waals surface area contributed by atoms with Crippen LogP contribution in [0.5, 0.6) is 0 Å². The van der Waals surface area contributed by atoms with E-state index in [0.717, 1.165) is 13.0 Å². The summed E-state index contributed by atoms with van der Waals surface area (Å²) in [5.74, 6) is 1.16. The highest BCUT2D eigenvalue weighted by Crippen LogP contribution is 2.13. The minimum atomic E-state index is 0.324. The number of hydrogen-bond donors (Lipinski definition) is 2. The Morgan fingerprint density at radius 2 is 2.11 bits per heavy atom. The predicted molar refractivity (Wildman–Crippen MR) is 70.4 cm³/mol. The van der Waals surface area contributed by atoms with Crippen molar-refractivity contribution in [2.45, 2.75) is 39.8 Å². The van der Waals surface area contributed by atoms with Gasteiger partial charge in [-0.3, -0.25) is 0 Å². The molecule has 0 aromatic carbocycles. The zero-order chi connectivity index (χ0) is 13.4. The number of nitrogens with one attached hydrogen (secondary N) is 2. The van der Waals surface area contributed by atoms with E-state index in [1.54, 1.807) is 7.11 Å². The van der Waals surface area contributed by atoms with Gasteiger partial charge in [0.05, 0.1) is 13.2 Å². The summed E-state index contributed by atoms with van der Waals surface area (Å²) in [6, 6.07) is 0.816. The van der Waals surface area contributed by atoms with E-state index in [0.29, 0.717) is 37.0 Å². The number of hydrogen-bond acceptors (Lipinski definition) is 6. The Hall–Kier alpha value is -1.14. The molecule has 18 heavy (non-hydrogen) atoms. The molecule has 0 radical (unpaired) electrons. The van der Waals surface area contributed by atoms with Crippen LogP contribution in [0.15, 0.2) is 4.42 Å². The molecule has 104 valence electrons. The van der Waals surface area contributed by atoms with Gasteiger partial charge in [0.25, 0.3) is 0 Å². The molecule has 1 aromatic heterocycles. The number of nitrogens with zero attached hydrogens (tertiary/aromatic N) is 2. The van der Waals surface area contributed by atoms with Gasteiger partial charge in [-0.15, -0.1) is 5.10 Å². The van der Waals surface area contributed by atoms with E-state index in [-0.39, 0.29) is 0 Å². The van der Waals surface area contributed by atoms with Crippen LogP contribution in [0.2, 0.25) is 0 Å². The van der Waals surface area contributed by atoms with E-state index in [1.165, 1.54) is 0 Å². The summed E-state index contributed by atoms with van der Waals surface area (Å²) in [5, 5.41) is 14.3. The molecule has 0 aliphatic carbocycles. The Labute approximate surface area is 108 Å². The van der Waals surface area contributed by atoms with Gasteiger partial charge in [0, 0.05) is 19.7 Å². The third kappa shape index (κ3) is 5.01. The number of aromatic nitrogens is 2. The van der Waals surface area contributed by atoms with E-state index in [1.807, 2.05) is 0 Å². The fourth-order valence-corrected chi connectivity index (χ4v) is 1.44. The van der Waals surface area contributed by atoms with Crippen molar-refractivity contribution in [3.63, 3.8) is 0 Å². The third-order valence-corrected chi connectivity index (χ3v) is 3.07. The monoisotopic (exact) mass is 256 g/mol. The zero-order valence-electron chi connectivity index (χ0n) is 11.7. The van der Waals surface area contributed by atoms with Gasteiger partial charge in [-0.25, -0.2) is 0 Å². The van der Waals surface area contributed by atoms with E-state index >= 15 is 0 Å². The van der Waals surface area contributed by atoms with E-state index in [4.69, 9.17) is 9.15 Å². The van der Waals surface area contributed by atoms with Crippen LogP contribution in [0.25, 0.3) is 0 Å². The molecule has 1 aromatic rings. The summed E-state index contributed by atoms with van der Waals surface area (Å²) in [7, 11) is 1.67. The van der Waals surface area contributed by atoms with E-state index in [2.05, 4.69) is 41.6 Å². The van der Waals surface area contributed by atoms with Gasteiger partial charge < -0.3 is 19.8 Å². The third-order valence-electron chi connectivity index (χ3n) is 3.07. The highest BCUT2D eigenvalue weighted by molar-refractivity contribution is 5.19. The second-order valence-electron chi connectivity index (χ2n) is 4.49. The molecule has 0 aliphatic heterocycles. The maximum atomic E-state index is 5.49. The van der Waals surface area contributed by atoms with Crippen LogP contribution in [-0.4, -0.2) is 36.5 Å². The summed E-state index contributed by atoms with van der Waals surface area (Å²) < 4.78 is 10.4. The molecule has 0 spiro atoms. The second-order valence-corrected chi connectivity index (χ2v) is 4.49. The maximum Gasteiger partial charge on any atom is 0.315 e. The number of methoxy groups -OCH3 is 1. The fourth-order valence-electron chi connectivity index (χ4n) is 1.44. The van der Waals surface area contributed by atoms with Gasteiger partial charge in [-0.05, 0) is 12.8 Å². The molecule has 2 N–H and O–H groups in total. The molecule has 2 atom stereocenters. The Balaban J connectivity index is 2.34. The normalized spacial score (nSPS) is 14.4. The summed E-state index contributed by atoms with van der Waals surface area (Å²) in [6.07, 6.45) is 1.12. The molecule has 0 fully saturated rings. The average molecular weight is 256 g/mol. The van der Waals surface area contributed by atoms with Crippen LogP contribution in [0, 0.1) is 5.92 Å². The summed E-state index contributed by atoms with van der Waals surface area (Å²) >= 11 is 0. The molecule has 0 bridgehead atoms. The quantitative estimate of drug-likeness (QED) is 0.655. The summed E-state index contributed by atoms with van der Waals surface area (Å²) in [6.45, 7) is 8.49. The fraction of sp³-hybridized carbons (Fsp3) is 0.833. The van der Waals surface area contributed by atoms with Gasteiger partial charge in [0.1, 0.15) is 0 Å². The van der Waals surface area contributed by atoms with Crippen LogP contribution >= 0.6 is 0 Å². The summed E-state index contributed by atoms with van der Waals surface area (Å²) in [5.41, 5.74) is 0. The van der Waals surface area contributed by atoms with Crippen molar-refractivity contribution < 1.29 is 9.15 Å². The molecule has 1 heterocycles. The molecule has 2 unspecified atom stereocenters. The highest BCUT2D eigenvalue weighted by Gasteiger charge is 2.13. The van der Waals surface area contributed by atoms with Crippen LogP contribution in [0.4, 0.5) is 6.01 Å². The lowest BCUT2D eigenvalue weighted by Gasteiger charge is -2.17. The maximum absolute atomic E-state index is 5.49. The largest absolute Gasteiger partial charge is 0.407 e. The summed E-state index contributed by atoms with van der Waals surface area (Å²) in [4.78, 5) is 0. The lowest BCUT2D eigenvalue weighted by Crippen LogP contribution is -2.23. The Kier molecular flexibility index (Phi) is 6.67. The van der Waals surface area contributed by atoms with Gasteiger partial charge >= 0.3 is 6.01 Å². The van der Waals surface area contributed by atoms with Crippen molar-refractivity contribution in [1.29, 1.82) is 0 Å². The molecular weight excluding hydrogens is 232 g/mol. The lowest BCUT2D eigenvalue weighted by atomic mass is 10.0. The van der Waals surface area contributed by atoms with E-state index < -0.39 is 0 Å². The lowest BCUT2D eigenvalue weighted by molar-refractivity contribution is 0.198. The molecular formula is C12H24N4O2. The predicted octanol–water partition coefficient (Wildman–Crippen LogP) is 1.65. The molecule has 0 saturated carbocycles. The Morgan fingerprint density at radius 1 is 1.33 bits per heavy atom.